The van der Waals surface area contributed by atoms with Gasteiger partial charge < -0.3 is 10.3 Å². The SMILES string of the molecule is CCN(Cc1ncc(Cl)n1C)C1CCCC1CN. The molecule has 5 heteroatoms. The quantitative estimate of drug-likeness (QED) is 0.891. The maximum atomic E-state index is 6.03. The van der Waals surface area contributed by atoms with Crippen molar-refractivity contribution < 1.29 is 0 Å². The molecule has 0 spiro atoms. The molecule has 0 aromatic carbocycles. The summed E-state index contributed by atoms with van der Waals surface area (Å²) in [4.78, 5) is 6.87. The number of halogens is 1. The van der Waals surface area contributed by atoms with Crippen molar-refractivity contribution in [2.75, 3.05) is 13.1 Å². The molecule has 2 atom stereocenters. The first kappa shape index (κ1) is 13.8. The van der Waals surface area contributed by atoms with Crippen molar-refractivity contribution in [2.24, 2.45) is 18.7 Å². The van der Waals surface area contributed by atoms with Crippen molar-refractivity contribution in [3.63, 3.8) is 0 Å². The molecule has 2 rings (SSSR count). The summed E-state index contributed by atoms with van der Waals surface area (Å²) < 4.78 is 1.95. The van der Waals surface area contributed by atoms with E-state index in [1.165, 1.54) is 19.3 Å². The molecule has 4 nitrogen and oxygen atoms in total. The van der Waals surface area contributed by atoms with E-state index >= 15 is 0 Å². The van der Waals surface area contributed by atoms with Crippen LogP contribution in [-0.4, -0.2) is 33.6 Å². The first-order valence-corrected chi connectivity index (χ1v) is 7.15. The van der Waals surface area contributed by atoms with E-state index in [0.29, 0.717) is 17.1 Å². The van der Waals surface area contributed by atoms with Crippen LogP contribution in [-0.2, 0) is 13.6 Å². The Morgan fingerprint density at radius 1 is 1.56 bits per heavy atom. The number of imidazole rings is 1. The maximum absolute atomic E-state index is 6.03. The normalized spacial score (nSPS) is 24.1. The fraction of sp³-hybridized carbons (Fsp3) is 0.769. The van der Waals surface area contributed by atoms with Crippen LogP contribution in [0.4, 0.5) is 0 Å². The number of nitrogens with zero attached hydrogens (tertiary/aromatic N) is 3. The predicted molar refractivity (Wildman–Crippen MR) is 74.5 cm³/mol. The Morgan fingerprint density at radius 3 is 2.89 bits per heavy atom. The Kier molecular flexibility index (Phi) is 4.65. The molecule has 1 heterocycles. The van der Waals surface area contributed by atoms with Crippen LogP contribution in [0.1, 0.15) is 32.0 Å². The summed E-state index contributed by atoms with van der Waals surface area (Å²) in [5.41, 5.74) is 5.88. The summed E-state index contributed by atoms with van der Waals surface area (Å²) in [5.74, 6) is 1.67. The third-order valence-corrected chi connectivity index (χ3v) is 4.52. The minimum absolute atomic E-state index is 0.607. The standard InChI is InChI=1S/C13H23ClN4/c1-3-18(11-6-4-5-10(11)7-15)9-13-16-8-12(14)17(13)2/h8,10-11H,3-7,9,15H2,1-2H3. The molecule has 0 saturated heterocycles. The highest BCUT2D eigenvalue weighted by molar-refractivity contribution is 6.29. The van der Waals surface area contributed by atoms with Crippen LogP contribution in [0.2, 0.25) is 5.15 Å². The van der Waals surface area contributed by atoms with E-state index in [0.717, 1.165) is 25.5 Å². The molecule has 1 aromatic heterocycles. The van der Waals surface area contributed by atoms with Crippen LogP contribution >= 0.6 is 11.6 Å². The van der Waals surface area contributed by atoms with Gasteiger partial charge in [-0.1, -0.05) is 24.9 Å². The monoisotopic (exact) mass is 270 g/mol. The van der Waals surface area contributed by atoms with Gasteiger partial charge in [0.05, 0.1) is 12.7 Å². The zero-order valence-corrected chi connectivity index (χ0v) is 12.0. The number of aromatic nitrogens is 2. The molecule has 1 saturated carbocycles. The Morgan fingerprint density at radius 2 is 2.33 bits per heavy atom. The minimum atomic E-state index is 0.607. The average Bonchev–Trinajstić information content (AvgIpc) is 2.96. The zero-order chi connectivity index (χ0) is 13.1. The molecule has 1 aliphatic rings. The molecule has 0 radical (unpaired) electrons. The lowest BCUT2D eigenvalue weighted by Gasteiger charge is -2.31. The van der Waals surface area contributed by atoms with Gasteiger partial charge >= 0.3 is 0 Å². The molecule has 1 aromatic rings. The van der Waals surface area contributed by atoms with Crippen LogP contribution in [0.5, 0.6) is 0 Å². The van der Waals surface area contributed by atoms with Crippen molar-refractivity contribution in [1.82, 2.24) is 14.5 Å². The number of hydrogen-bond acceptors (Lipinski definition) is 3. The van der Waals surface area contributed by atoms with Gasteiger partial charge in [-0.25, -0.2) is 4.98 Å². The second-order valence-corrected chi connectivity index (χ2v) is 5.50. The molecule has 0 bridgehead atoms. The number of rotatable bonds is 5. The topological polar surface area (TPSA) is 47.1 Å². The summed E-state index contributed by atoms with van der Waals surface area (Å²) in [6.07, 6.45) is 5.54. The minimum Gasteiger partial charge on any atom is -0.330 e. The summed E-state index contributed by atoms with van der Waals surface area (Å²) in [5, 5.41) is 0.697. The second-order valence-electron chi connectivity index (χ2n) is 5.11. The molecular weight excluding hydrogens is 248 g/mol. The van der Waals surface area contributed by atoms with Gasteiger partial charge in [-0.05, 0) is 31.8 Å². The highest BCUT2D eigenvalue weighted by Crippen LogP contribution is 2.30. The van der Waals surface area contributed by atoms with Gasteiger partial charge in [0.1, 0.15) is 11.0 Å². The van der Waals surface area contributed by atoms with Gasteiger partial charge in [0.15, 0.2) is 0 Å². The van der Waals surface area contributed by atoms with Gasteiger partial charge in [0.2, 0.25) is 0 Å². The van der Waals surface area contributed by atoms with Gasteiger partial charge in [-0.2, -0.15) is 0 Å². The molecule has 1 fully saturated rings. The van der Waals surface area contributed by atoms with E-state index in [2.05, 4.69) is 16.8 Å². The van der Waals surface area contributed by atoms with Crippen LogP contribution in [0.3, 0.4) is 0 Å². The van der Waals surface area contributed by atoms with Crippen LogP contribution in [0.25, 0.3) is 0 Å². The van der Waals surface area contributed by atoms with Gasteiger partial charge in [0.25, 0.3) is 0 Å². The van der Waals surface area contributed by atoms with Crippen molar-refractivity contribution >= 4 is 11.6 Å². The lowest BCUT2D eigenvalue weighted by atomic mass is 10.0. The van der Waals surface area contributed by atoms with Crippen molar-refractivity contribution in [1.29, 1.82) is 0 Å². The Bertz CT molecular complexity index is 390. The molecule has 0 aliphatic heterocycles. The van der Waals surface area contributed by atoms with Crippen LogP contribution in [0.15, 0.2) is 6.20 Å². The molecule has 1 aliphatic carbocycles. The molecule has 2 N–H and O–H groups in total. The fourth-order valence-electron chi connectivity index (χ4n) is 2.99. The maximum Gasteiger partial charge on any atom is 0.128 e. The highest BCUT2D eigenvalue weighted by atomic mass is 35.5. The van der Waals surface area contributed by atoms with Crippen molar-refractivity contribution in [2.45, 2.75) is 38.8 Å². The lowest BCUT2D eigenvalue weighted by molar-refractivity contribution is 0.157. The summed E-state index contributed by atoms with van der Waals surface area (Å²) >= 11 is 6.03. The molecule has 102 valence electrons. The summed E-state index contributed by atoms with van der Waals surface area (Å²) in [6.45, 7) is 4.89. The largest absolute Gasteiger partial charge is 0.330 e. The van der Waals surface area contributed by atoms with Gasteiger partial charge in [0, 0.05) is 13.1 Å². The van der Waals surface area contributed by atoms with E-state index < -0.39 is 0 Å². The van der Waals surface area contributed by atoms with Gasteiger partial charge in [-0.3, -0.25) is 4.90 Å². The number of nitrogens with two attached hydrogens (primary N) is 1. The summed E-state index contributed by atoms with van der Waals surface area (Å²) in [6, 6.07) is 0.607. The van der Waals surface area contributed by atoms with E-state index in [1.807, 2.05) is 11.6 Å². The lowest BCUT2D eigenvalue weighted by Crippen LogP contribution is -2.40. The Hall–Kier alpha value is -0.580. The Balaban J connectivity index is 2.07. The summed E-state index contributed by atoms with van der Waals surface area (Å²) in [7, 11) is 1.97. The Labute approximate surface area is 114 Å². The average molecular weight is 271 g/mol. The van der Waals surface area contributed by atoms with Gasteiger partial charge in [-0.15, -0.1) is 0 Å². The van der Waals surface area contributed by atoms with Crippen LogP contribution < -0.4 is 5.73 Å². The third-order valence-electron chi connectivity index (χ3n) is 4.17. The van der Waals surface area contributed by atoms with E-state index in [1.54, 1.807) is 6.20 Å². The first-order valence-electron chi connectivity index (χ1n) is 6.77. The molecule has 2 unspecified atom stereocenters. The molecule has 18 heavy (non-hydrogen) atoms. The smallest absolute Gasteiger partial charge is 0.128 e. The third kappa shape index (κ3) is 2.71. The van der Waals surface area contributed by atoms with E-state index in [-0.39, 0.29) is 0 Å². The predicted octanol–water partition coefficient (Wildman–Crippen LogP) is 2.02. The highest BCUT2D eigenvalue weighted by Gasteiger charge is 2.30. The van der Waals surface area contributed by atoms with E-state index in [4.69, 9.17) is 17.3 Å². The second kappa shape index (κ2) is 6.04. The van der Waals surface area contributed by atoms with Crippen LogP contribution in [0, 0.1) is 5.92 Å². The molecule has 0 amide bonds. The van der Waals surface area contributed by atoms with Crippen molar-refractivity contribution in [3.05, 3.63) is 17.2 Å². The first-order chi connectivity index (χ1) is 8.67. The molecular formula is C13H23ClN4. The zero-order valence-electron chi connectivity index (χ0n) is 11.3. The number of hydrogen-bond donors (Lipinski definition) is 1. The fourth-order valence-corrected chi connectivity index (χ4v) is 3.14. The van der Waals surface area contributed by atoms with E-state index in [9.17, 15) is 0 Å². The van der Waals surface area contributed by atoms with Crippen molar-refractivity contribution in [3.8, 4) is 0 Å².